The van der Waals surface area contributed by atoms with Gasteiger partial charge in [0, 0.05) is 25.0 Å². The zero-order valence-electron chi connectivity index (χ0n) is 10.4. The fourth-order valence-corrected chi connectivity index (χ4v) is 1.49. The Bertz CT molecular complexity index is 401. The van der Waals surface area contributed by atoms with E-state index >= 15 is 0 Å². The molecule has 0 aliphatic rings. The normalized spacial score (nSPS) is 13.2. The predicted octanol–water partition coefficient (Wildman–Crippen LogP) is 1.63. The SMILES string of the molecule is CC(=O)Oc1cccc([C@@H](N)C(C)(C)CO)c1. The number of rotatable bonds is 4. The van der Waals surface area contributed by atoms with E-state index in [4.69, 9.17) is 10.5 Å². The predicted molar refractivity (Wildman–Crippen MR) is 65.5 cm³/mol. The number of hydrogen-bond acceptors (Lipinski definition) is 4. The standard InChI is InChI=1S/C13H19NO3/c1-9(16)17-11-6-4-5-10(7-11)12(14)13(2,3)8-15/h4-7,12,15H,8,14H2,1-3H3/t12-/m1/s1. The molecule has 3 N–H and O–H groups in total. The zero-order chi connectivity index (χ0) is 13.1. The van der Waals surface area contributed by atoms with E-state index in [1.54, 1.807) is 18.2 Å². The van der Waals surface area contributed by atoms with Crippen molar-refractivity contribution in [3.8, 4) is 5.75 Å². The van der Waals surface area contributed by atoms with E-state index in [1.807, 2.05) is 19.9 Å². The summed E-state index contributed by atoms with van der Waals surface area (Å²) in [4.78, 5) is 10.9. The number of hydrogen-bond donors (Lipinski definition) is 2. The summed E-state index contributed by atoms with van der Waals surface area (Å²) in [6, 6.07) is 6.74. The van der Waals surface area contributed by atoms with E-state index in [-0.39, 0.29) is 18.6 Å². The Balaban J connectivity index is 2.95. The van der Waals surface area contributed by atoms with E-state index in [0.717, 1.165) is 5.56 Å². The minimum atomic E-state index is -0.422. The average Bonchev–Trinajstić information content (AvgIpc) is 2.27. The Morgan fingerprint density at radius 2 is 2.18 bits per heavy atom. The van der Waals surface area contributed by atoms with Gasteiger partial charge in [0.15, 0.2) is 0 Å². The summed E-state index contributed by atoms with van der Waals surface area (Å²) in [5, 5.41) is 9.28. The van der Waals surface area contributed by atoms with Gasteiger partial charge in [0.1, 0.15) is 5.75 Å². The molecule has 4 nitrogen and oxygen atoms in total. The van der Waals surface area contributed by atoms with Gasteiger partial charge in [-0.3, -0.25) is 4.79 Å². The van der Waals surface area contributed by atoms with Crippen molar-refractivity contribution in [3.05, 3.63) is 29.8 Å². The first-order valence-electron chi connectivity index (χ1n) is 5.51. The second kappa shape index (κ2) is 5.29. The molecule has 0 amide bonds. The number of esters is 1. The number of ether oxygens (including phenoxy) is 1. The van der Waals surface area contributed by atoms with E-state index in [9.17, 15) is 9.90 Å². The van der Waals surface area contributed by atoms with Crippen LogP contribution in [-0.4, -0.2) is 17.7 Å². The van der Waals surface area contributed by atoms with Crippen LogP contribution in [-0.2, 0) is 4.79 Å². The minimum absolute atomic E-state index is 0.00798. The molecule has 0 saturated heterocycles. The molecule has 1 aromatic carbocycles. The van der Waals surface area contributed by atoms with Crippen LogP contribution in [0.2, 0.25) is 0 Å². The number of carbonyl (C=O) groups is 1. The number of carbonyl (C=O) groups excluding carboxylic acids is 1. The van der Waals surface area contributed by atoms with Crippen LogP contribution in [0.25, 0.3) is 0 Å². The molecule has 4 heteroatoms. The summed E-state index contributed by atoms with van der Waals surface area (Å²) in [5.74, 6) is 0.108. The molecule has 1 atom stereocenters. The van der Waals surface area contributed by atoms with Crippen molar-refractivity contribution in [3.63, 3.8) is 0 Å². The molecule has 0 aliphatic heterocycles. The Labute approximate surface area is 101 Å². The Kier molecular flexibility index (Phi) is 4.26. The van der Waals surface area contributed by atoms with Gasteiger partial charge in [-0.2, -0.15) is 0 Å². The maximum atomic E-state index is 10.9. The lowest BCUT2D eigenvalue weighted by Crippen LogP contribution is -2.32. The molecule has 17 heavy (non-hydrogen) atoms. The maximum absolute atomic E-state index is 10.9. The third-order valence-electron chi connectivity index (χ3n) is 2.73. The van der Waals surface area contributed by atoms with Gasteiger partial charge < -0.3 is 15.6 Å². The van der Waals surface area contributed by atoms with Crippen LogP contribution < -0.4 is 10.5 Å². The van der Waals surface area contributed by atoms with Crippen LogP contribution in [0.15, 0.2) is 24.3 Å². The summed E-state index contributed by atoms with van der Waals surface area (Å²) in [7, 11) is 0. The highest BCUT2D eigenvalue weighted by molar-refractivity contribution is 5.69. The first kappa shape index (κ1) is 13.7. The largest absolute Gasteiger partial charge is 0.427 e. The molecule has 0 spiro atoms. The van der Waals surface area contributed by atoms with Crippen LogP contribution in [0.5, 0.6) is 5.75 Å². The summed E-state index contributed by atoms with van der Waals surface area (Å²) >= 11 is 0. The van der Waals surface area contributed by atoms with Crippen molar-refractivity contribution in [1.29, 1.82) is 0 Å². The highest BCUT2D eigenvalue weighted by atomic mass is 16.5. The molecule has 0 saturated carbocycles. The van der Waals surface area contributed by atoms with Crippen molar-refractivity contribution in [1.82, 2.24) is 0 Å². The fourth-order valence-electron chi connectivity index (χ4n) is 1.49. The molecule has 94 valence electrons. The van der Waals surface area contributed by atoms with Gasteiger partial charge in [0.2, 0.25) is 0 Å². The average molecular weight is 237 g/mol. The van der Waals surface area contributed by atoms with Crippen LogP contribution in [0.4, 0.5) is 0 Å². The molecular weight excluding hydrogens is 218 g/mol. The lowest BCUT2D eigenvalue weighted by molar-refractivity contribution is -0.131. The molecule has 0 radical (unpaired) electrons. The molecule has 0 unspecified atom stereocenters. The van der Waals surface area contributed by atoms with E-state index in [2.05, 4.69) is 0 Å². The Morgan fingerprint density at radius 3 is 2.71 bits per heavy atom. The molecule has 0 bridgehead atoms. The van der Waals surface area contributed by atoms with Crippen LogP contribution >= 0.6 is 0 Å². The van der Waals surface area contributed by atoms with Crippen molar-refractivity contribution in [2.75, 3.05) is 6.61 Å². The number of benzene rings is 1. The molecule has 0 fully saturated rings. The van der Waals surface area contributed by atoms with Gasteiger partial charge >= 0.3 is 5.97 Å². The number of aliphatic hydroxyl groups excluding tert-OH is 1. The third kappa shape index (κ3) is 3.54. The smallest absolute Gasteiger partial charge is 0.308 e. The number of aliphatic hydroxyl groups is 1. The quantitative estimate of drug-likeness (QED) is 0.616. The second-order valence-corrected chi connectivity index (χ2v) is 4.79. The summed E-state index contributed by atoms with van der Waals surface area (Å²) in [5.41, 5.74) is 6.50. The van der Waals surface area contributed by atoms with Crippen molar-refractivity contribution < 1.29 is 14.6 Å². The molecule has 0 heterocycles. The van der Waals surface area contributed by atoms with Gasteiger partial charge in [-0.25, -0.2) is 0 Å². The van der Waals surface area contributed by atoms with Crippen molar-refractivity contribution in [2.45, 2.75) is 26.8 Å². The van der Waals surface area contributed by atoms with Crippen molar-refractivity contribution >= 4 is 5.97 Å². The van der Waals surface area contributed by atoms with Crippen LogP contribution in [0.3, 0.4) is 0 Å². The van der Waals surface area contributed by atoms with Gasteiger partial charge in [-0.15, -0.1) is 0 Å². The van der Waals surface area contributed by atoms with E-state index < -0.39 is 5.41 Å². The van der Waals surface area contributed by atoms with Crippen LogP contribution in [0.1, 0.15) is 32.4 Å². The maximum Gasteiger partial charge on any atom is 0.308 e. The van der Waals surface area contributed by atoms with Gasteiger partial charge in [-0.1, -0.05) is 26.0 Å². The fraction of sp³-hybridized carbons (Fsp3) is 0.462. The Morgan fingerprint density at radius 1 is 1.53 bits per heavy atom. The first-order chi connectivity index (χ1) is 7.86. The lowest BCUT2D eigenvalue weighted by Gasteiger charge is -2.29. The summed E-state index contributed by atoms with van der Waals surface area (Å²) in [6.07, 6.45) is 0. The zero-order valence-corrected chi connectivity index (χ0v) is 10.4. The topological polar surface area (TPSA) is 72.5 Å². The van der Waals surface area contributed by atoms with E-state index in [1.165, 1.54) is 6.92 Å². The summed E-state index contributed by atoms with van der Waals surface area (Å²) in [6.45, 7) is 5.11. The number of nitrogens with two attached hydrogens (primary N) is 1. The monoisotopic (exact) mass is 237 g/mol. The van der Waals surface area contributed by atoms with Gasteiger partial charge in [-0.05, 0) is 17.7 Å². The van der Waals surface area contributed by atoms with E-state index in [0.29, 0.717) is 5.75 Å². The minimum Gasteiger partial charge on any atom is -0.427 e. The van der Waals surface area contributed by atoms with Gasteiger partial charge in [0.25, 0.3) is 0 Å². The lowest BCUT2D eigenvalue weighted by atomic mass is 9.82. The molecule has 1 rings (SSSR count). The van der Waals surface area contributed by atoms with Crippen LogP contribution in [0, 0.1) is 5.41 Å². The molecular formula is C13H19NO3. The molecule has 1 aromatic rings. The second-order valence-electron chi connectivity index (χ2n) is 4.79. The van der Waals surface area contributed by atoms with Crippen molar-refractivity contribution in [2.24, 2.45) is 11.1 Å². The molecule has 0 aromatic heterocycles. The highest BCUT2D eigenvalue weighted by Crippen LogP contribution is 2.32. The highest BCUT2D eigenvalue weighted by Gasteiger charge is 2.27. The van der Waals surface area contributed by atoms with Gasteiger partial charge in [0.05, 0.1) is 0 Å². The molecule has 0 aliphatic carbocycles. The first-order valence-corrected chi connectivity index (χ1v) is 5.51. The Hall–Kier alpha value is -1.39. The third-order valence-corrected chi connectivity index (χ3v) is 2.73. The summed E-state index contributed by atoms with van der Waals surface area (Å²) < 4.78 is 4.99.